The average molecular weight is 242 g/mol. The second-order valence-electron chi connectivity index (χ2n) is 2.40. The quantitative estimate of drug-likeness (QED) is 0.431. The summed E-state index contributed by atoms with van der Waals surface area (Å²) in [7, 11) is 9.19. The molecule has 0 bridgehead atoms. The Morgan fingerprint density at radius 2 is 1.31 bits per heavy atom. The van der Waals surface area contributed by atoms with Gasteiger partial charge in [-0.15, -0.1) is 0 Å². The van der Waals surface area contributed by atoms with Crippen molar-refractivity contribution in [1.82, 2.24) is 0 Å². The summed E-state index contributed by atoms with van der Waals surface area (Å²) < 4.78 is 9.91. The summed E-state index contributed by atoms with van der Waals surface area (Å²) >= 11 is 0. The summed E-state index contributed by atoms with van der Waals surface area (Å²) in [6, 6.07) is 0. The summed E-state index contributed by atoms with van der Waals surface area (Å²) in [5.74, 6) is 2.35. The number of methoxy groups -OCH3 is 2. The molecule has 0 aliphatic carbocycles. The molecular weight excluding hydrogens is 224 g/mol. The minimum absolute atomic E-state index is 0.877. The zero-order valence-electron chi connectivity index (χ0n) is 8.28. The highest BCUT2D eigenvalue weighted by atomic mass is 33.5. The first-order valence-corrected chi connectivity index (χ1v) is 8.13. The predicted molar refractivity (Wildman–Crippen MR) is 65.5 cm³/mol. The van der Waals surface area contributed by atoms with Gasteiger partial charge in [0.15, 0.2) is 0 Å². The lowest BCUT2D eigenvalue weighted by Crippen LogP contribution is -1.89. The highest BCUT2D eigenvalue weighted by Gasteiger charge is 1.92. The third-order valence-electron chi connectivity index (χ3n) is 1.25. The van der Waals surface area contributed by atoms with Crippen LogP contribution >= 0.6 is 31.4 Å². The molecule has 0 unspecified atom stereocenters. The summed E-state index contributed by atoms with van der Waals surface area (Å²) in [5, 5.41) is 0. The predicted octanol–water partition coefficient (Wildman–Crippen LogP) is 3.09. The van der Waals surface area contributed by atoms with Gasteiger partial charge in [-0.3, -0.25) is 0 Å². The first kappa shape index (κ1) is 14.0. The molecule has 0 radical (unpaired) electrons. The van der Waals surface area contributed by atoms with Crippen LogP contribution in [0.4, 0.5) is 0 Å². The molecule has 0 rings (SSSR count). The minimum Gasteiger partial charge on any atom is -0.385 e. The molecule has 0 saturated carbocycles. The van der Waals surface area contributed by atoms with Crippen molar-refractivity contribution in [3.05, 3.63) is 0 Å². The van der Waals surface area contributed by atoms with Crippen LogP contribution in [0.15, 0.2) is 0 Å². The zero-order valence-corrected chi connectivity index (χ0v) is 10.7. The van der Waals surface area contributed by atoms with Crippen LogP contribution < -0.4 is 0 Å². The summed E-state index contributed by atoms with van der Waals surface area (Å²) in [6.45, 7) is 1.75. The van der Waals surface area contributed by atoms with E-state index in [4.69, 9.17) is 9.47 Å². The molecule has 0 spiro atoms. The molecule has 0 aliphatic rings. The van der Waals surface area contributed by atoms with Gasteiger partial charge in [0.25, 0.3) is 0 Å². The van der Waals surface area contributed by atoms with Gasteiger partial charge in [-0.25, -0.2) is 0 Å². The third-order valence-corrected chi connectivity index (χ3v) is 5.66. The summed E-state index contributed by atoms with van der Waals surface area (Å²) in [4.78, 5) is 0. The summed E-state index contributed by atoms with van der Waals surface area (Å²) in [5.41, 5.74) is 0. The molecule has 0 aromatic carbocycles. The smallest absolute Gasteiger partial charge is 0.0470 e. The Labute approximate surface area is 92.7 Å². The van der Waals surface area contributed by atoms with Crippen molar-refractivity contribution in [2.75, 3.05) is 38.9 Å². The zero-order chi connectivity index (χ0) is 9.78. The maximum absolute atomic E-state index is 4.96. The highest BCUT2D eigenvalue weighted by Crippen LogP contribution is 2.34. The molecular formula is C8H18O2S3. The lowest BCUT2D eigenvalue weighted by molar-refractivity contribution is 0.200. The van der Waals surface area contributed by atoms with Crippen LogP contribution in [0.25, 0.3) is 0 Å². The van der Waals surface area contributed by atoms with Gasteiger partial charge in [0.2, 0.25) is 0 Å². The van der Waals surface area contributed by atoms with E-state index in [1.54, 1.807) is 14.2 Å². The maximum atomic E-state index is 4.96. The van der Waals surface area contributed by atoms with Crippen LogP contribution in [0.5, 0.6) is 0 Å². The van der Waals surface area contributed by atoms with E-state index in [2.05, 4.69) is 0 Å². The van der Waals surface area contributed by atoms with Crippen LogP contribution in [0.2, 0.25) is 0 Å². The topological polar surface area (TPSA) is 18.5 Å². The molecule has 0 heterocycles. The van der Waals surface area contributed by atoms with Crippen LogP contribution in [0, 0.1) is 0 Å². The van der Waals surface area contributed by atoms with Gasteiger partial charge in [-0.2, -0.15) is 0 Å². The van der Waals surface area contributed by atoms with E-state index in [-0.39, 0.29) is 0 Å². The Morgan fingerprint density at radius 3 is 1.69 bits per heavy atom. The van der Waals surface area contributed by atoms with Crippen molar-refractivity contribution in [1.29, 1.82) is 0 Å². The van der Waals surface area contributed by atoms with Crippen LogP contribution in [-0.4, -0.2) is 38.9 Å². The molecule has 0 aromatic rings. The van der Waals surface area contributed by atoms with E-state index in [0.29, 0.717) is 0 Å². The van der Waals surface area contributed by atoms with E-state index in [1.807, 2.05) is 31.4 Å². The van der Waals surface area contributed by atoms with Crippen molar-refractivity contribution in [3.63, 3.8) is 0 Å². The fourth-order valence-corrected chi connectivity index (χ4v) is 4.46. The van der Waals surface area contributed by atoms with Gasteiger partial charge in [0.05, 0.1) is 0 Å². The van der Waals surface area contributed by atoms with Crippen molar-refractivity contribution in [2.45, 2.75) is 12.8 Å². The van der Waals surface area contributed by atoms with E-state index in [0.717, 1.165) is 26.1 Å². The Balaban J connectivity index is 2.76. The van der Waals surface area contributed by atoms with Crippen LogP contribution in [0.1, 0.15) is 12.8 Å². The molecule has 0 atom stereocenters. The first-order valence-electron chi connectivity index (χ1n) is 4.30. The molecule has 0 aliphatic heterocycles. The van der Waals surface area contributed by atoms with Crippen molar-refractivity contribution >= 4 is 31.4 Å². The Morgan fingerprint density at radius 1 is 0.846 bits per heavy atom. The molecule has 13 heavy (non-hydrogen) atoms. The molecule has 0 saturated heterocycles. The van der Waals surface area contributed by atoms with Gasteiger partial charge in [0.1, 0.15) is 0 Å². The lowest BCUT2D eigenvalue weighted by atomic mass is 10.5. The Hall–Kier alpha value is 0.970. The SMILES string of the molecule is COCCCSSSCCCOC. The number of ether oxygens (including phenoxy) is 2. The number of hydrogen-bond acceptors (Lipinski definition) is 5. The van der Waals surface area contributed by atoms with Crippen LogP contribution in [0.3, 0.4) is 0 Å². The van der Waals surface area contributed by atoms with E-state index >= 15 is 0 Å². The van der Waals surface area contributed by atoms with Gasteiger partial charge in [-0.1, -0.05) is 21.6 Å². The molecule has 5 heteroatoms. The highest BCUT2D eigenvalue weighted by molar-refractivity contribution is 9.09. The fraction of sp³-hybridized carbons (Fsp3) is 1.00. The van der Waals surface area contributed by atoms with Gasteiger partial charge < -0.3 is 9.47 Å². The molecule has 0 N–H and O–H groups in total. The van der Waals surface area contributed by atoms with Gasteiger partial charge in [-0.05, 0) is 22.7 Å². The number of hydrogen-bond donors (Lipinski definition) is 0. The van der Waals surface area contributed by atoms with Crippen LogP contribution in [-0.2, 0) is 9.47 Å². The van der Waals surface area contributed by atoms with E-state index < -0.39 is 0 Å². The fourth-order valence-electron chi connectivity index (χ4n) is 0.626. The largest absolute Gasteiger partial charge is 0.385 e. The normalized spacial score (nSPS) is 10.6. The first-order chi connectivity index (χ1) is 6.41. The van der Waals surface area contributed by atoms with Crippen molar-refractivity contribution in [2.24, 2.45) is 0 Å². The average Bonchev–Trinajstić information content (AvgIpc) is 2.16. The Kier molecular flexibility index (Phi) is 13.9. The number of rotatable bonds is 10. The lowest BCUT2D eigenvalue weighted by Gasteiger charge is -2.00. The minimum atomic E-state index is 0.877. The molecule has 2 nitrogen and oxygen atoms in total. The second kappa shape index (κ2) is 13.0. The monoisotopic (exact) mass is 242 g/mol. The van der Waals surface area contributed by atoms with Crippen molar-refractivity contribution in [3.8, 4) is 0 Å². The Bertz CT molecular complexity index is 83.5. The second-order valence-corrected chi connectivity index (χ2v) is 6.88. The van der Waals surface area contributed by atoms with Gasteiger partial charge >= 0.3 is 0 Å². The molecule has 80 valence electrons. The maximum Gasteiger partial charge on any atom is 0.0470 e. The molecule has 0 aromatic heterocycles. The molecule has 0 amide bonds. The molecule has 0 fully saturated rings. The van der Waals surface area contributed by atoms with E-state index in [1.165, 1.54) is 11.5 Å². The summed E-state index contributed by atoms with van der Waals surface area (Å²) in [6.07, 6.45) is 2.29. The van der Waals surface area contributed by atoms with E-state index in [9.17, 15) is 0 Å². The standard InChI is InChI=1S/C8H18O2S3/c1-9-5-3-7-11-13-12-8-4-6-10-2/h3-8H2,1-2H3. The van der Waals surface area contributed by atoms with Gasteiger partial charge in [0, 0.05) is 38.9 Å². The van der Waals surface area contributed by atoms with Crippen molar-refractivity contribution < 1.29 is 9.47 Å². The third kappa shape index (κ3) is 13.0.